The number of nitrogens with zero attached hydrogens (tertiary/aromatic N) is 3. The monoisotopic (exact) mass is 355 g/mol. The fourth-order valence-electron chi connectivity index (χ4n) is 1.67. The molecule has 0 radical (unpaired) electrons. The minimum absolute atomic E-state index is 0.0215. The van der Waals surface area contributed by atoms with Crippen molar-refractivity contribution >= 4 is 35.1 Å². The zero-order valence-electron chi connectivity index (χ0n) is 14.6. The molecule has 0 spiro atoms. The number of nitrogens with two attached hydrogens (primary N) is 1. The second-order valence-electron chi connectivity index (χ2n) is 6.35. The Morgan fingerprint density at radius 2 is 1.88 bits per heavy atom. The first-order valence-corrected chi connectivity index (χ1v) is 7.51. The summed E-state index contributed by atoms with van der Waals surface area (Å²) in [6.07, 6.45) is 1.17. The molecule has 0 saturated carbocycles. The molecule has 0 atom stereocenters. The number of carbonyl (C=O) groups excluding carboxylic acids is 2. The van der Waals surface area contributed by atoms with Gasteiger partial charge >= 0.3 is 5.97 Å². The summed E-state index contributed by atoms with van der Waals surface area (Å²) < 4.78 is 5.06. The molecule has 24 heavy (non-hydrogen) atoms. The van der Waals surface area contributed by atoms with Crippen LogP contribution < -0.4 is 16.0 Å². The van der Waals surface area contributed by atoms with E-state index in [0.29, 0.717) is 5.82 Å². The van der Waals surface area contributed by atoms with Crippen LogP contribution in [0.2, 0.25) is 5.15 Å². The van der Waals surface area contributed by atoms with Gasteiger partial charge < -0.3 is 20.7 Å². The molecular weight excluding hydrogens is 334 g/mol. The maximum atomic E-state index is 12.1. The fraction of sp³-hybridized carbons (Fsp3) is 0.467. The third-order valence-electron chi connectivity index (χ3n) is 2.57. The summed E-state index contributed by atoms with van der Waals surface area (Å²) in [4.78, 5) is 33.4. The van der Waals surface area contributed by atoms with Crippen molar-refractivity contribution < 1.29 is 14.3 Å². The Labute approximate surface area is 146 Å². The number of anilines is 2. The van der Waals surface area contributed by atoms with Crippen LogP contribution in [-0.2, 0) is 9.53 Å². The molecule has 1 aromatic heterocycles. The Hall–Kier alpha value is -2.35. The molecule has 8 nitrogen and oxygen atoms in total. The van der Waals surface area contributed by atoms with E-state index in [2.05, 4.69) is 15.3 Å². The third kappa shape index (κ3) is 5.69. The van der Waals surface area contributed by atoms with Crippen LogP contribution in [0, 0.1) is 0 Å². The van der Waals surface area contributed by atoms with Crippen LogP contribution in [-0.4, -0.2) is 41.5 Å². The third-order valence-corrected chi connectivity index (χ3v) is 2.82. The average molecular weight is 356 g/mol. The molecule has 0 aliphatic carbocycles. The van der Waals surface area contributed by atoms with E-state index in [1.165, 1.54) is 13.0 Å². The number of carbonyl (C=O) groups is 2. The van der Waals surface area contributed by atoms with Crippen LogP contribution in [0.15, 0.2) is 11.8 Å². The molecule has 0 aliphatic heterocycles. The number of nitrogens with one attached hydrogen (secondary N) is 1. The van der Waals surface area contributed by atoms with Gasteiger partial charge in [0.05, 0.1) is 0 Å². The first-order valence-electron chi connectivity index (χ1n) is 7.13. The lowest BCUT2D eigenvalue weighted by molar-refractivity contribution is -0.117. The lowest BCUT2D eigenvalue weighted by atomic mass is 10.1. The van der Waals surface area contributed by atoms with E-state index in [0.717, 1.165) is 0 Å². The summed E-state index contributed by atoms with van der Waals surface area (Å²) in [5.41, 5.74) is 5.12. The van der Waals surface area contributed by atoms with Crippen molar-refractivity contribution in [2.24, 2.45) is 0 Å². The van der Waals surface area contributed by atoms with Crippen molar-refractivity contribution in [3.05, 3.63) is 22.7 Å². The van der Waals surface area contributed by atoms with Crippen molar-refractivity contribution in [1.82, 2.24) is 15.3 Å². The zero-order valence-corrected chi connectivity index (χ0v) is 15.4. The number of ether oxygens (including phenoxy) is 1. The molecule has 1 aromatic rings. The topological polar surface area (TPSA) is 110 Å². The number of aromatic nitrogens is 2. The SMILES string of the molecule is C/C(=C\C(=O)NC(C)(C)C)OC(=O)c1nc(Cl)c(N(C)C)nc1N. The summed E-state index contributed by atoms with van der Waals surface area (Å²) in [5, 5.41) is 2.74. The maximum absolute atomic E-state index is 12.1. The molecule has 1 heterocycles. The standard InChI is InChI=1S/C15H22ClN5O3/c1-8(7-9(22)20-15(2,3)4)24-14(23)10-12(17)19-13(21(5)6)11(16)18-10/h7H,1-6H3,(H2,17,19)(H,20,22)/b8-7+. The maximum Gasteiger partial charge on any atom is 0.365 e. The van der Waals surface area contributed by atoms with Crippen LogP contribution in [0.1, 0.15) is 38.2 Å². The van der Waals surface area contributed by atoms with Crippen molar-refractivity contribution in [1.29, 1.82) is 0 Å². The number of rotatable bonds is 4. The van der Waals surface area contributed by atoms with E-state index in [1.807, 2.05) is 20.8 Å². The largest absolute Gasteiger partial charge is 0.426 e. The van der Waals surface area contributed by atoms with E-state index < -0.39 is 11.5 Å². The number of hydrogen-bond acceptors (Lipinski definition) is 7. The molecule has 0 bridgehead atoms. The smallest absolute Gasteiger partial charge is 0.365 e. The Morgan fingerprint density at radius 1 is 1.29 bits per heavy atom. The van der Waals surface area contributed by atoms with Gasteiger partial charge in [0.1, 0.15) is 5.76 Å². The molecular formula is C15H22ClN5O3. The van der Waals surface area contributed by atoms with Gasteiger partial charge in [-0.05, 0) is 27.7 Å². The van der Waals surface area contributed by atoms with Gasteiger partial charge in [0.25, 0.3) is 0 Å². The van der Waals surface area contributed by atoms with Gasteiger partial charge in [-0.3, -0.25) is 4.79 Å². The van der Waals surface area contributed by atoms with Gasteiger partial charge in [-0.25, -0.2) is 14.8 Å². The predicted molar refractivity (Wildman–Crippen MR) is 92.8 cm³/mol. The van der Waals surface area contributed by atoms with Crippen LogP contribution in [0.4, 0.5) is 11.6 Å². The minimum atomic E-state index is -0.843. The second kappa shape index (κ2) is 7.48. The Balaban J connectivity index is 2.92. The molecule has 0 saturated heterocycles. The second-order valence-corrected chi connectivity index (χ2v) is 6.71. The first-order chi connectivity index (χ1) is 10.9. The van der Waals surface area contributed by atoms with E-state index >= 15 is 0 Å². The molecule has 1 rings (SSSR count). The predicted octanol–water partition coefficient (Wildman–Crippen LogP) is 1.75. The van der Waals surface area contributed by atoms with E-state index in [9.17, 15) is 9.59 Å². The lowest BCUT2D eigenvalue weighted by Crippen LogP contribution is -2.39. The van der Waals surface area contributed by atoms with E-state index in [4.69, 9.17) is 22.1 Å². The summed E-state index contributed by atoms with van der Waals surface area (Å²) in [6.45, 7) is 6.99. The Bertz CT molecular complexity index is 680. The van der Waals surface area contributed by atoms with Gasteiger partial charge in [-0.15, -0.1) is 0 Å². The molecule has 0 unspecified atom stereocenters. The minimum Gasteiger partial charge on any atom is -0.426 e. The highest BCUT2D eigenvalue weighted by atomic mass is 35.5. The van der Waals surface area contributed by atoms with Crippen molar-refractivity contribution in [2.45, 2.75) is 33.2 Å². The van der Waals surface area contributed by atoms with Gasteiger partial charge in [0.2, 0.25) is 5.91 Å². The summed E-state index contributed by atoms with van der Waals surface area (Å²) in [7, 11) is 3.43. The Morgan fingerprint density at radius 3 is 2.38 bits per heavy atom. The van der Waals surface area contributed by atoms with Crippen LogP contribution in [0.25, 0.3) is 0 Å². The zero-order chi connectivity index (χ0) is 18.7. The highest BCUT2D eigenvalue weighted by Crippen LogP contribution is 2.23. The van der Waals surface area contributed by atoms with Crippen LogP contribution in [0.3, 0.4) is 0 Å². The summed E-state index contributed by atoms with van der Waals surface area (Å²) >= 11 is 5.98. The van der Waals surface area contributed by atoms with Gasteiger partial charge in [-0.2, -0.15) is 0 Å². The number of allylic oxidation sites excluding steroid dienone is 1. The lowest BCUT2D eigenvalue weighted by Gasteiger charge is -2.19. The number of halogens is 1. The number of hydrogen-bond donors (Lipinski definition) is 2. The molecule has 3 N–H and O–H groups in total. The Kier molecular flexibility index (Phi) is 6.14. The molecule has 1 amide bonds. The molecule has 9 heteroatoms. The highest BCUT2D eigenvalue weighted by Gasteiger charge is 2.20. The van der Waals surface area contributed by atoms with Crippen LogP contribution in [0.5, 0.6) is 0 Å². The normalized spacial score (nSPS) is 11.9. The molecule has 0 aliphatic rings. The molecule has 0 aromatic carbocycles. The molecule has 0 fully saturated rings. The van der Waals surface area contributed by atoms with Gasteiger partial charge in [0.15, 0.2) is 22.5 Å². The van der Waals surface area contributed by atoms with Crippen molar-refractivity contribution in [3.63, 3.8) is 0 Å². The van der Waals surface area contributed by atoms with Crippen molar-refractivity contribution in [3.8, 4) is 0 Å². The number of amides is 1. The van der Waals surface area contributed by atoms with Gasteiger partial charge in [0, 0.05) is 25.7 Å². The first kappa shape index (κ1) is 19.7. The summed E-state index contributed by atoms with van der Waals surface area (Å²) in [5.74, 6) is -0.907. The molecule has 132 valence electrons. The number of nitrogen functional groups attached to an aromatic ring is 1. The summed E-state index contributed by atoms with van der Waals surface area (Å²) in [6, 6.07) is 0. The quantitative estimate of drug-likeness (QED) is 0.481. The van der Waals surface area contributed by atoms with E-state index in [-0.39, 0.29) is 28.3 Å². The fourth-order valence-corrected chi connectivity index (χ4v) is 1.96. The average Bonchev–Trinajstić information content (AvgIpc) is 2.37. The van der Waals surface area contributed by atoms with E-state index in [1.54, 1.807) is 19.0 Å². The van der Waals surface area contributed by atoms with Crippen molar-refractivity contribution in [2.75, 3.05) is 24.7 Å². The van der Waals surface area contributed by atoms with Gasteiger partial charge in [-0.1, -0.05) is 11.6 Å². The van der Waals surface area contributed by atoms with Crippen LogP contribution >= 0.6 is 11.6 Å². The highest BCUT2D eigenvalue weighted by molar-refractivity contribution is 6.32. The number of esters is 1.